The number of rotatable bonds is 2. The molecule has 4 heteroatoms. The summed E-state index contributed by atoms with van der Waals surface area (Å²) in [5.41, 5.74) is 8.32. The van der Waals surface area contributed by atoms with Crippen LogP contribution < -0.4 is 5.73 Å². The fourth-order valence-corrected chi connectivity index (χ4v) is 1.72. The molecule has 0 aliphatic rings. The topological polar surface area (TPSA) is 51.8 Å². The number of nitrogens with zero attached hydrogens (tertiary/aromatic N) is 2. The van der Waals surface area contributed by atoms with Gasteiger partial charge in [-0.05, 0) is 30.2 Å². The van der Waals surface area contributed by atoms with E-state index in [9.17, 15) is 0 Å². The van der Waals surface area contributed by atoms with E-state index in [4.69, 9.17) is 17.3 Å². The van der Waals surface area contributed by atoms with Crippen LogP contribution in [0.2, 0.25) is 5.02 Å². The predicted octanol–water partition coefficient (Wildman–Crippen LogP) is 3.50. The number of anilines is 1. The number of aromatic nitrogens is 2. The Labute approximate surface area is 106 Å². The van der Waals surface area contributed by atoms with Crippen molar-refractivity contribution < 1.29 is 0 Å². The van der Waals surface area contributed by atoms with Crippen LogP contribution in [-0.4, -0.2) is 9.97 Å². The Kier molecular flexibility index (Phi) is 3.29. The molecule has 2 N–H and O–H groups in total. The SMILES string of the molecule is CC(C)c1ccnc(-c2cc(Cl)ccc2N)n1. The zero-order chi connectivity index (χ0) is 12.4. The molecule has 0 unspecified atom stereocenters. The second-order valence-corrected chi connectivity index (χ2v) is 4.63. The highest BCUT2D eigenvalue weighted by molar-refractivity contribution is 6.31. The van der Waals surface area contributed by atoms with E-state index in [0.29, 0.717) is 22.5 Å². The van der Waals surface area contributed by atoms with E-state index in [1.807, 2.05) is 6.07 Å². The van der Waals surface area contributed by atoms with Crippen LogP contribution in [0.4, 0.5) is 5.69 Å². The Hall–Kier alpha value is -1.61. The molecule has 0 aliphatic heterocycles. The van der Waals surface area contributed by atoms with E-state index in [1.165, 1.54) is 0 Å². The van der Waals surface area contributed by atoms with Crippen molar-refractivity contribution in [3.05, 3.63) is 41.2 Å². The van der Waals surface area contributed by atoms with Crippen LogP contribution in [0.1, 0.15) is 25.5 Å². The van der Waals surface area contributed by atoms with Gasteiger partial charge in [0.25, 0.3) is 0 Å². The molecule has 0 saturated carbocycles. The van der Waals surface area contributed by atoms with Crippen molar-refractivity contribution in [1.29, 1.82) is 0 Å². The second kappa shape index (κ2) is 4.72. The summed E-state index contributed by atoms with van der Waals surface area (Å²) in [6, 6.07) is 7.22. The molecule has 0 atom stereocenters. The lowest BCUT2D eigenvalue weighted by Crippen LogP contribution is -1.99. The number of hydrogen-bond acceptors (Lipinski definition) is 3. The first-order valence-corrected chi connectivity index (χ1v) is 5.84. The molecule has 3 nitrogen and oxygen atoms in total. The maximum absolute atomic E-state index is 5.96. The molecule has 17 heavy (non-hydrogen) atoms. The van der Waals surface area contributed by atoms with Gasteiger partial charge in [-0.1, -0.05) is 25.4 Å². The van der Waals surface area contributed by atoms with Gasteiger partial charge in [-0.15, -0.1) is 0 Å². The summed E-state index contributed by atoms with van der Waals surface area (Å²) in [7, 11) is 0. The molecule has 0 fully saturated rings. The van der Waals surface area contributed by atoms with Gasteiger partial charge in [-0.2, -0.15) is 0 Å². The third-order valence-electron chi connectivity index (χ3n) is 2.52. The maximum Gasteiger partial charge on any atom is 0.161 e. The Morgan fingerprint density at radius 2 is 2.00 bits per heavy atom. The highest BCUT2D eigenvalue weighted by Gasteiger charge is 2.08. The van der Waals surface area contributed by atoms with Crippen molar-refractivity contribution in [2.75, 3.05) is 5.73 Å². The molecule has 2 aromatic rings. The van der Waals surface area contributed by atoms with Gasteiger partial charge in [0.2, 0.25) is 0 Å². The summed E-state index contributed by atoms with van der Waals surface area (Å²) in [5, 5.41) is 0.632. The van der Waals surface area contributed by atoms with Crippen LogP contribution in [0.15, 0.2) is 30.5 Å². The van der Waals surface area contributed by atoms with Gasteiger partial charge in [-0.3, -0.25) is 0 Å². The standard InChI is InChI=1S/C13H14ClN3/c1-8(2)12-5-6-16-13(17-12)10-7-9(14)3-4-11(10)15/h3-8H,15H2,1-2H3. The molecule has 88 valence electrons. The minimum Gasteiger partial charge on any atom is -0.398 e. The van der Waals surface area contributed by atoms with E-state index in [-0.39, 0.29) is 0 Å². The van der Waals surface area contributed by atoms with Crippen LogP contribution in [0, 0.1) is 0 Å². The normalized spacial score (nSPS) is 10.8. The zero-order valence-electron chi connectivity index (χ0n) is 9.81. The van der Waals surface area contributed by atoms with Gasteiger partial charge in [-0.25, -0.2) is 9.97 Å². The average Bonchev–Trinajstić information content (AvgIpc) is 2.32. The number of benzene rings is 1. The lowest BCUT2D eigenvalue weighted by atomic mass is 10.1. The molecular formula is C13H14ClN3. The van der Waals surface area contributed by atoms with Crippen LogP contribution in [0.5, 0.6) is 0 Å². The number of hydrogen-bond donors (Lipinski definition) is 1. The molecule has 0 amide bonds. The number of halogens is 1. The first-order chi connectivity index (χ1) is 8.08. The number of nitrogens with two attached hydrogens (primary N) is 1. The summed E-state index contributed by atoms with van der Waals surface area (Å²) in [4.78, 5) is 8.74. The fraction of sp³-hybridized carbons (Fsp3) is 0.231. The van der Waals surface area contributed by atoms with E-state index >= 15 is 0 Å². The Morgan fingerprint density at radius 3 is 2.71 bits per heavy atom. The fourth-order valence-electron chi connectivity index (χ4n) is 1.55. The van der Waals surface area contributed by atoms with Gasteiger partial charge in [0.05, 0.1) is 0 Å². The summed E-state index contributed by atoms with van der Waals surface area (Å²) < 4.78 is 0. The summed E-state index contributed by atoms with van der Waals surface area (Å²) in [6.45, 7) is 4.18. The van der Waals surface area contributed by atoms with Gasteiger partial charge >= 0.3 is 0 Å². The van der Waals surface area contributed by atoms with Crippen LogP contribution in [0.3, 0.4) is 0 Å². The van der Waals surface area contributed by atoms with E-state index in [0.717, 1.165) is 11.3 Å². The van der Waals surface area contributed by atoms with Crippen molar-refractivity contribution in [3.63, 3.8) is 0 Å². The Bertz CT molecular complexity index is 538. The van der Waals surface area contributed by atoms with Crippen molar-refractivity contribution in [2.45, 2.75) is 19.8 Å². The Balaban J connectivity index is 2.52. The third-order valence-corrected chi connectivity index (χ3v) is 2.76. The molecule has 0 radical (unpaired) electrons. The third kappa shape index (κ3) is 2.56. The first kappa shape index (κ1) is 11.9. The quantitative estimate of drug-likeness (QED) is 0.827. The first-order valence-electron chi connectivity index (χ1n) is 5.46. The molecule has 1 heterocycles. The highest BCUT2D eigenvalue weighted by Crippen LogP contribution is 2.26. The highest BCUT2D eigenvalue weighted by atomic mass is 35.5. The van der Waals surface area contributed by atoms with Crippen LogP contribution in [-0.2, 0) is 0 Å². The van der Waals surface area contributed by atoms with E-state index in [2.05, 4.69) is 23.8 Å². The van der Waals surface area contributed by atoms with Crippen LogP contribution in [0.25, 0.3) is 11.4 Å². The monoisotopic (exact) mass is 247 g/mol. The lowest BCUT2D eigenvalue weighted by Gasteiger charge is -2.08. The van der Waals surface area contributed by atoms with Crippen molar-refractivity contribution in [2.24, 2.45) is 0 Å². The van der Waals surface area contributed by atoms with Gasteiger partial charge in [0.1, 0.15) is 0 Å². The van der Waals surface area contributed by atoms with E-state index in [1.54, 1.807) is 24.4 Å². The molecule has 0 aliphatic carbocycles. The molecule has 0 spiro atoms. The van der Waals surface area contributed by atoms with Gasteiger partial charge in [0, 0.05) is 28.2 Å². The lowest BCUT2D eigenvalue weighted by molar-refractivity contribution is 0.817. The van der Waals surface area contributed by atoms with Crippen LogP contribution >= 0.6 is 11.6 Å². The molecule has 0 saturated heterocycles. The molecule has 1 aromatic heterocycles. The minimum absolute atomic E-state index is 0.358. The average molecular weight is 248 g/mol. The molecule has 0 bridgehead atoms. The number of nitrogen functional groups attached to an aromatic ring is 1. The molecule has 1 aromatic carbocycles. The maximum atomic E-state index is 5.96. The van der Waals surface area contributed by atoms with Gasteiger partial charge in [0.15, 0.2) is 5.82 Å². The molecule has 2 rings (SSSR count). The largest absolute Gasteiger partial charge is 0.398 e. The predicted molar refractivity (Wildman–Crippen MR) is 71.0 cm³/mol. The van der Waals surface area contributed by atoms with Crippen molar-refractivity contribution in [3.8, 4) is 11.4 Å². The van der Waals surface area contributed by atoms with Crippen molar-refractivity contribution >= 4 is 17.3 Å². The summed E-state index contributed by atoms with van der Waals surface area (Å²) >= 11 is 5.96. The van der Waals surface area contributed by atoms with E-state index < -0.39 is 0 Å². The smallest absolute Gasteiger partial charge is 0.161 e. The molecular weight excluding hydrogens is 234 g/mol. The minimum atomic E-state index is 0.358. The van der Waals surface area contributed by atoms with Crippen molar-refractivity contribution in [1.82, 2.24) is 9.97 Å². The summed E-state index contributed by atoms with van der Waals surface area (Å²) in [5.74, 6) is 0.980. The zero-order valence-corrected chi connectivity index (χ0v) is 10.6. The second-order valence-electron chi connectivity index (χ2n) is 4.19. The van der Waals surface area contributed by atoms with Gasteiger partial charge < -0.3 is 5.73 Å². The summed E-state index contributed by atoms with van der Waals surface area (Å²) in [6.07, 6.45) is 1.75. The Morgan fingerprint density at radius 1 is 1.24 bits per heavy atom.